The zero-order chi connectivity index (χ0) is 14.6. The number of ether oxygens (including phenoxy) is 3. The summed E-state index contributed by atoms with van der Waals surface area (Å²) in [4.78, 5) is 22.8. The van der Waals surface area contributed by atoms with E-state index < -0.39 is 17.5 Å². The minimum Gasteiger partial charge on any atom is -0.460 e. The van der Waals surface area contributed by atoms with Gasteiger partial charge in [0.25, 0.3) is 0 Å². The van der Waals surface area contributed by atoms with Crippen LogP contribution in [0, 0.1) is 5.41 Å². The molecule has 1 aliphatic heterocycles. The third-order valence-electron chi connectivity index (χ3n) is 3.06. The molecule has 6 heteroatoms. The Balaban J connectivity index is 1.89. The van der Waals surface area contributed by atoms with Crippen LogP contribution in [0.1, 0.15) is 18.1 Å². The van der Waals surface area contributed by atoms with Crippen LogP contribution in [0.25, 0.3) is 0 Å². The van der Waals surface area contributed by atoms with Gasteiger partial charge in [-0.1, -0.05) is 24.3 Å². The Morgan fingerprint density at radius 3 is 2.35 bits per heavy atom. The van der Waals surface area contributed by atoms with Crippen LogP contribution in [0.3, 0.4) is 0 Å². The second kappa shape index (κ2) is 6.13. The maximum atomic E-state index is 12.0. The number of halogens is 1. The van der Waals surface area contributed by atoms with Crippen molar-refractivity contribution in [2.45, 2.75) is 19.4 Å². The smallest absolute Gasteiger partial charge is 0.460 e. The summed E-state index contributed by atoms with van der Waals surface area (Å²) in [6.07, 6.45) is -0.757. The van der Waals surface area contributed by atoms with E-state index in [9.17, 15) is 9.59 Å². The largest absolute Gasteiger partial charge is 0.508 e. The molecule has 0 spiro atoms. The third kappa shape index (κ3) is 3.42. The van der Waals surface area contributed by atoms with E-state index in [0.717, 1.165) is 11.1 Å². The summed E-state index contributed by atoms with van der Waals surface area (Å²) in [7, 11) is 0. The molecule has 2 rings (SSSR count). The molecule has 0 aliphatic carbocycles. The molecule has 0 bridgehead atoms. The molecule has 0 N–H and O–H groups in total. The van der Waals surface area contributed by atoms with Crippen molar-refractivity contribution in [3.05, 3.63) is 35.4 Å². The Labute approximate surface area is 121 Å². The number of carbonyl (C=O) groups is 2. The fourth-order valence-electron chi connectivity index (χ4n) is 1.69. The lowest BCUT2D eigenvalue weighted by atomic mass is 9.92. The highest BCUT2D eigenvalue weighted by Gasteiger charge is 2.41. The molecule has 20 heavy (non-hydrogen) atoms. The van der Waals surface area contributed by atoms with E-state index in [-0.39, 0.29) is 19.8 Å². The van der Waals surface area contributed by atoms with Crippen LogP contribution in [0.5, 0.6) is 0 Å². The Morgan fingerprint density at radius 2 is 1.80 bits per heavy atom. The summed E-state index contributed by atoms with van der Waals surface area (Å²) in [6, 6.07) is 7.46. The average Bonchev–Trinajstić information content (AvgIpc) is 2.48. The van der Waals surface area contributed by atoms with E-state index in [2.05, 4.69) is 0 Å². The highest BCUT2D eigenvalue weighted by molar-refractivity contribution is 6.17. The van der Waals surface area contributed by atoms with Gasteiger partial charge in [-0.3, -0.25) is 4.79 Å². The first-order valence-electron chi connectivity index (χ1n) is 6.14. The fourth-order valence-corrected chi connectivity index (χ4v) is 1.86. The third-order valence-corrected chi connectivity index (χ3v) is 3.37. The van der Waals surface area contributed by atoms with E-state index in [1.807, 2.05) is 24.3 Å². The second-order valence-electron chi connectivity index (χ2n) is 4.91. The normalized spacial score (nSPS) is 17.0. The van der Waals surface area contributed by atoms with Gasteiger partial charge >= 0.3 is 12.1 Å². The monoisotopic (exact) mass is 298 g/mol. The van der Waals surface area contributed by atoms with Crippen LogP contribution in [-0.4, -0.2) is 25.3 Å². The summed E-state index contributed by atoms with van der Waals surface area (Å²) in [6.45, 7) is 1.73. The molecule has 1 aromatic rings. The number of benzene rings is 1. The molecule has 1 aliphatic rings. The molecule has 108 valence electrons. The number of hydrogen-bond acceptors (Lipinski definition) is 5. The molecule has 0 aromatic heterocycles. The molecule has 0 amide bonds. The van der Waals surface area contributed by atoms with Crippen molar-refractivity contribution >= 4 is 23.7 Å². The van der Waals surface area contributed by atoms with Gasteiger partial charge < -0.3 is 14.2 Å². The summed E-state index contributed by atoms with van der Waals surface area (Å²) in [5.41, 5.74) is 0.912. The molecule has 0 unspecified atom stereocenters. The van der Waals surface area contributed by atoms with Crippen LogP contribution in [0.2, 0.25) is 0 Å². The van der Waals surface area contributed by atoms with Gasteiger partial charge in [0.1, 0.15) is 25.2 Å². The Morgan fingerprint density at radius 1 is 1.25 bits per heavy atom. The Kier molecular flexibility index (Phi) is 4.49. The lowest BCUT2D eigenvalue weighted by Crippen LogP contribution is -2.44. The highest BCUT2D eigenvalue weighted by Crippen LogP contribution is 2.24. The van der Waals surface area contributed by atoms with E-state index >= 15 is 0 Å². The van der Waals surface area contributed by atoms with Crippen LogP contribution in [0.15, 0.2) is 24.3 Å². The van der Waals surface area contributed by atoms with Crippen LogP contribution >= 0.6 is 11.6 Å². The van der Waals surface area contributed by atoms with E-state index in [1.54, 1.807) is 6.92 Å². The van der Waals surface area contributed by atoms with Gasteiger partial charge in [0, 0.05) is 5.88 Å². The zero-order valence-electron chi connectivity index (χ0n) is 11.1. The van der Waals surface area contributed by atoms with Crippen LogP contribution < -0.4 is 0 Å². The standard InChI is InChI=1S/C14H15ClO5/c1-14(8-19-13(17)20-9-14)12(16)18-7-11-4-2-10(6-15)3-5-11/h2-5H,6-9H2,1H3. The minimum absolute atomic E-state index is 0.0319. The first-order valence-corrected chi connectivity index (χ1v) is 6.67. The molecular weight excluding hydrogens is 284 g/mol. The minimum atomic E-state index is -0.954. The number of rotatable bonds is 4. The SMILES string of the molecule is CC1(C(=O)OCc2ccc(CCl)cc2)COC(=O)OC1. The van der Waals surface area contributed by atoms with Gasteiger partial charge in [0.2, 0.25) is 0 Å². The first-order chi connectivity index (χ1) is 9.53. The van der Waals surface area contributed by atoms with Gasteiger partial charge in [0.05, 0.1) is 0 Å². The Hall–Kier alpha value is -1.75. The molecular formula is C14H15ClO5. The number of alkyl halides is 1. The average molecular weight is 299 g/mol. The first kappa shape index (κ1) is 14.7. The number of hydrogen-bond donors (Lipinski definition) is 0. The van der Waals surface area contributed by atoms with Crippen LogP contribution in [-0.2, 0) is 31.5 Å². The van der Waals surface area contributed by atoms with Gasteiger partial charge in [0.15, 0.2) is 0 Å². The fraction of sp³-hybridized carbons (Fsp3) is 0.429. The van der Waals surface area contributed by atoms with Gasteiger partial charge in [-0.15, -0.1) is 11.6 Å². The summed E-state index contributed by atoms with van der Waals surface area (Å²) < 4.78 is 14.7. The van der Waals surface area contributed by atoms with E-state index in [1.165, 1.54) is 0 Å². The van der Waals surface area contributed by atoms with Crippen molar-refractivity contribution in [1.29, 1.82) is 0 Å². The lowest BCUT2D eigenvalue weighted by molar-refractivity contribution is -0.167. The van der Waals surface area contributed by atoms with Gasteiger partial charge in [-0.25, -0.2) is 4.79 Å². The lowest BCUT2D eigenvalue weighted by Gasteiger charge is -2.29. The molecule has 1 saturated heterocycles. The number of carbonyl (C=O) groups excluding carboxylic acids is 2. The highest BCUT2D eigenvalue weighted by atomic mass is 35.5. The number of esters is 1. The van der Waals surface area contributed by atoms with Crippen molar-refractivity contribution in [3.63, 3.8) is 0 Å². The Bertz CT molecular complexity index is 487. The molecule has 1 fully saturated rings. The van der Waals surface area contributed by atoms with E-state index in [0.29, 0.717) is 5.88 Å². The molecule has 0 saturated carbocycles. The zero-order valence-corrected chi connectivity index (χ0v) is 11.8. The maximum absolute atomic E-state index is 12.0. The summed E-state index contributed by atoms with van der Waals surface area (Å²) in [5.74, 6) is -0.00711. The molecule has 0 radical (unpaired) electrons. The predicted molar refractivity (Wildman–Crippen MR) is 71.2 cm³/mol. The molecule has 1 heterocycles. The van der Waals surface area contributed by atoms with Crippen molar-refractivity contribution in [2.24, 2.45) is 5.41 Å². The van der Waals surface area contributed by atoms with Crippen molar-refractivity contribution in [2.75, 3.05) is 13.2 Å². The predicted octanol–water partition coefficient (Wildman–Crippen LogP) is 2.64. The summed E-state index contributed by atoms with van der Waals surface area (Å²) in [5, 5.41) is 0. The van der Waals surface area contributed by atoms with Gasteiger partial charge in [-0.2, -0.15) is 0 Å². The van der Waals surface area contributed by atoms with Crippen molar-refractivity contribution < 1.29 is 23.8 Å². The van der Waals surface area contributed by atoms with E-state index in [4.69, 9.17) is 25.8 Å². The molecule has 5 nitrogen and oxygen atoms in total. The molecule has 0 atom stereocenters. The second-order valence-corrected chi connectivity index (χ2v) is 5.18. The number of cyclic esters (lactones) is 2. The van der Waals surface area contributed by atoms with Crippen molar-refractivity contribution in [1.82, 2.24) is 0 Å². The van der Waals surface area contributed by atoms with Crippen LogP contribution in [0.4, 0.5) is 4.79 Å². The summed E-state index contributed by atoms with van der Waals surface area (Å²) >= 11 is 5.70. The molecule has 1 aromatic carbocycles. The quantitative estimate of drug-likeness (QED) is 0.631. The topological polar surface area (TPSA) is 61.8 Å². The van der Waals surface area contributed by atoms with Gasteiger partial charge in [-0.05, 0) is 18.1 Å². The maximum Gasteiger partial charge on any atom is 0.508 e. The van der Waals surface area contributed by atoms with Crippen molar-refractivity contribution in [3.8, 4) is 0 Å².